The lowest BCUT2D eigenvalue weighted by molar-refractivity contribution is -0.154. The number of imide groups is 2. The van der Waals surface area contributed by atoms with E-state index in [2.05, 4.69) is 0 Å². The van der Waals surface area contributed by atoms with Crippen LogP contribution in [0.25, 0.3) is 0 Å². The van der Waals surface area contributed by atoms with Crippen LogP contribution in [-0.4, -0.2) is 45.5 Å². The number of hydrogen-bond acceptors (Lipinski definition) is 4. The number of hydrogen-bond donors (Lipinski definition) is 0. The molecule has 1 heterocycles. The molecule has 2 aliphatic carbocycles. The van der Waals surface area contributed by atoms with Crippen LogP contribution in [0.15, 0.2) is 24.3 Å². The molecule has 2 fully saturated rings. The van der Waals surface area contributed by atoms with Crippen LogP contribution in [0.3, 0.4) is 0 Å². The van der Waals surface area contributed by atoms with E-state index in [9.17, 15) is 19.2 Å². The van der Waals surface area contributed by atoms with Crippen LogP contribution >= 0.6 is 0 Å². The van der Waals surface area contributed by atoms with E-state index >= 15 is 0 Å². The van der Waals surface area contributed by atoms with E-state index < -0.39 is 17.9 Å². The molecule has 1 aromatic rings. The summed E-state index contributed by atoms with van der Waals surface area (Å²) in [5.74, 6) is -1.35. The Kier molecular flexibility index (Phi) is 7.30. The molecule has 1 atom stereocenters. The lowest BCUT2D eigenvalue weighted by atomic mass is 9.86. The number of carbonyl (C=O) groups excluding carboxylic acids is 4. The number of carbonyl (C=O) groups is 4. The fourth-order valence-electron chi connectivity index (χ4n) is 5.77. The van der Waals surface area contributed by atoms with Crippen molar-refractivity contribution in [3.05, 3.63) is 35.4 Å². The first-order valence-electron chi connectivity index (χ1n) is 12.7. The topological polar surface area (TPSA) is 74.8 Å². The third-order valence-corrected chi connectivity index (χ3v) is 7.49. The molecule has 0 saturated heterocycles. The number of amides is 4. The molecule has 6 heteroatoms. The molecular weight excluding hydrogens is 416 g/mol. The summed E-state index contributed by atoms with van der Waals surface area (Å²) in [6.45, 7) is 3.96. The van der Waals surface area contributed by atoms with E-state index in [0.29, 0.717) is 17.5 Å². The Bertz CT molecular complexity index is 877. The van der Waals surface area contributed by atoms with Gasteiger partial charge < -0.3 is 0 Å². The minimum atomic E-state index is -0.952. The largest absolute Gasteiger partial charge is 0.277 e. The van der Waals surface area contributed by atoms with Crippen molar-refractivity contribution in [1.29, 1.82) is 0 Å². The maximum absolute atomic E-state index is 14.2. The monoisotopic (exact) mass is 452 g/mol. The van der Waals surface area contributed by atoms with Crippen LogP contribution in [0, 0.1) is 11.8 Å². The predicted molar refractivity (Wildman–Crippen MR) is 125 cm³/mol. The summed E-state index contributed by atoms with van der Waals surface area (Å²) in [6, 6.07) is 5.65. The van der Waals surface area contributed by atoms with Gasteiger partial charge in [-0.05, 0) is 50.2 Å². The van der Waals surface area contributed by atoms with Crippen molar-refractivity contribution in [3.8, 4) is 0 Å². The van der Waals surface area contributed by atoms with Gasteiger partial charge in [-0.3, -0.25) is 29.0 Å². The van der Waals surface area contributed by atoms with Crippen molar-refractivity contribution in [2.75, 3.05) is 0 Å². The summed E-state index contributed by atoms with van der Waals surface area (Å²) < 4.78 is 0. The van der Waals surface area contributed by atoms with Gasteiger partial charge in [0, 0.05) is 12.0 Å². The van der Waals surface area contributed by atoms with E-state index in [-0.39, 0.29) is 29.7 Å². The molecule has 0 aromatic heterocycles. The van der Waals surface area contributed by atoms with Gasteiger partial charge in [-0.1, -0.05) is 64.5 Å². The normalized spacial score (nSPS) is 20.8. The Morgan fingerprint density at radius 2 is 1.39 bits per heavy atom. The molecule has 0 spiro atoms. The van der Waals surface area contributed by atoms with Gasteiger partial charge in [-0.25, -0.2) is 0 Å². The van der Waals surface area contributed by atoms with Gasteiger partial charge in [-0.2, -0.15) is 0 Å². The van der Waals surface area contributed by atoms with Gasteiger partial charge in [0.2, 0.25) is 5.91 Å². The van der Waals surface area contributed by atoms with Crippen molar-refractivity contribution < 1.29 is 19.2 Å². The molecule has 2 saturated carbocycles. The Morgan fingerprint density at radius 1 is 0.879 bits per heavy atom. The number of benzene rings is 1. The quantitative estimate of drug-likeness (QED) is 0.572. The van der Waals surface area contributed by atoms with E-state index in [1.165, 1.54) is 4.90 Å². The van der Waals surface area contributed by atoms with E-state index in [1.807, 2.05) is 13.8 Å². The molecule has 178 valence electrons. The first-order valence-corrected chi connectivity index (χ1v) is 12.7. The highest BCUT2D eigenvalue weighted by atomic mass is 16.2. The van der Waals surface area contributed by atoms with Crippen molar-refractivity contribution in [2.45, 2.75) is 96.6 Å². The standard InChI is InChI=1S/C27H36N2O4/c1-18(2)17-23(29-25(31)21-15-9-10-16-22(21)26(29)32)27(33)28(20-13-7-4-8-14-20)24(30)19-11-5-3-6-12-19/h9-10,15-16,18-20,23H,3-8,11-14,17H2,1-2H3. The molecule has 1 aromatic carbocycles. The van der Waals surface area contributed by atoms with Gasteiger partial charge in [0.1, 0.15) is 6.04 Å². The summed E-state index contributed by atoms with van der Waals surface area (Å²) in [6.07, 6.45) is 9.85. The van der Waals surface area contributed by atoms with Crippen LogP contribution < -0.4 is 0 Å². The van der Waals surface area contributed by atoms with Gasteiger partial charge in [-0.15, -0.1) is 0 Å². The molecule has 6 nitrogen and oxygen atoms in total. The molecule has 33 heavy (non-hydrogen) atoms. The molecule has 0 radical (unpaired) electrons. The van der Waals surface area contributed by atoms with Crippen molar-refractivity contribution in [2.24, 2.45) is 11.8 Å². The highest BCUT2D eigenvalue weighted by Crippen LogP contribution is 2.33. The number of fused-ring (bicyclic) bond motifs is 1. The molecule has 4 amide bonds. The molecule has 0 bridgehead atoms. The smallest absolute Gasteiger partial charge is 0.262 e. The molecule has 1 unspecified atom stereocenters. The minimum absolute atomic E-state index is 0.0845. The summed E-state index contributed by atoms with van der Waals surface area (Å²) in [5.41, 5.74) is 0.679. The zero-order valence-corrected chi connectivity index (χ0v) is 19.9. The first-order chi connectivity index (χ1) is 15.9. The maximum Gasteiger partial charge on any atom is 0.262 e. The van der Waals surface area contributed by atoms with E-state index in [0.717, 1.165) is 69.1 Å². The minimum Gasteiger partial charge on any atom is -0.277 e. The lowest BCUT2D eigenvalue weighted by Crippen LogP contribution is -2.57. The average molecular weight is 453 g/mol. The van der Waals surface area contributed by atoms with Crippen molar-refractivity contribution in [1.82, 2.24) is 9.80 Å². The number of rotatable bonds is 6. The van der Waals surface area contributed by atoms with Crippen molar-refractivity contribution >= 4 is 23.6 Å². The van der Waals surface area contributed by atoms with Crippen LogP contribution in [0.5, 0.6) is 0 Å². The first kappa shape index (κ1) is 23.7. The van der Waals surface area contributed by atoms with Gasteiger partial charge in [0.25, 0.3) is 17.7 Å². The summed E-state index contributed by atoms with van der Waals surface area (Å²) in [4.78, 5) is 57.0. The molecule has 1 aliphatic heterocycles. The Morgan fingerprint density at radius 3 is 1.91 bits per heavy atom. The van der Waals surface area contributed by atoms with Crippen LogP contribution in [0.1, 0.15) is 105 Å². The summed E-state index contributed by atoms with van der Waals surface area (Å²) in [7, 11) is 0. The highest BCUT2D eigenvalue weighted by molar-refractivity contribution is 6.23. The van der Waals surface area contributed by atoms with Gasteiger partial charge in [0.15, 0.2) is 0 Å². The fraction of sp³-hybridized carbons (Fsp3) is 0.630. The molecule has 3 aliphatic rings. The van der Waals surface area contributed by atoms with E-state index in [4.69, 9.17) is 0 Å². The van der Waals surface area contributed by atoms with Crippen LogP contribution in [0.2, 0.25) is 0 Å². The SMILES string of the molecule is CC(C)CC(C(=O)N(C(=O)C1CCCCC1)C1CCCCC1)N1C(=O)c2ccccc2C1=O. The van der Waals surface area contributed by atoms with Gasteiger partial charge >= 0.3 is 0 Å². The highest BCUT2D eigenvalue weighted by Gasteiger charge is 2.47. The molecule has 0 N–H and O–H groups in total. The third kappa shape index (κ3) is 4.75. The zero-order valence-electron chi connectivity index (χ0n) is 19.9. The zero-order chi connectivity index (χ0) is 23.5. The maximum atomic E-state index is 14.2. The Labute approximate surface area is 196 Å². The van der Waals surface area contributed by atoms with Crippen molar-refractivity contribution in [3.63, 3.8) is 0 Å². The van der Waals surface area contributed by atoms with Crippen LogP contribution in [-0.2, 0) is 9.59 Å². The second kappa shape index (κ2) is 10.2. The number of nitrogens with zero attached hydrogens (tertiary/aromatic N) is 2. The second-order valence-corrected chi connectivity index (χ2v) is 10.3. The fourth-order valence-corrected chi connectivity index (χ4v) is 5.77. The molecular formula is C27H36N2O4. The predicted octanol–water partition coefficient (Wildman–Crippen LogP) is 4.97. The average Bonchev–Trinajstić information content (AvgIpc) is 3.08. The summed E-state index contributed by atoms with van der Waals surface area (Å²) in [5, 5.41) is 0. The Balaban J connectivity index is 1.68. The Hall–Kier alpha value is -2.50. The third-order valence-electron chi connectivity index (χ3n) is 7.49. The second-order valence-electron chi connectivity index (χ2n) is 10.3. The molecule has 4 rings (SSSR count). The van der Waals surface area contributed by atoms with Gasteiger partial charge in [0.05, 0.1) is 11.1 Å². The van der Waals surface area contributed by atoms with Crippen LogP contribution in [0.4, 0.5) is 0 Å². The van der Waals surface area contributed by atoms with E-state index in [1.54, 1.807) is 24.3 Å². The lowest BCUT2D eigenvalue weighted by Gasteiger charge is -2.39. The summed E-state index contributed by atoms with van der Waals surface area (Å²) >= 11 is 0.